The Hall–Kier alpha value is -3.13. The Morgan fingerprint density at radius 1 is 1.16 bits per heavy atom. The number of nitro benzene ring substituents is 1. The molecule has 3 rings (SSSR count). The fourth-order valence-corrected chi connectivity index (χ4v) is 2.63. The number of hydrogen-bond donors (Lipinski definition) is 2. The van der Waals surface area contributed by atoms with E-state index in [2.05, 4.69) is 10.3 Å². The summed E-state index contributed by atoms with van der Waals surface area (Å²) in [6.07, 6.45) is 1.42. The molecule has 1 atom stereocenters. The summed E-state index contributed by atoms with van der Waals surface area (Å²) in [7, 11) is 0. The third kappa shape index (κ3) is 3.24. The van der Waals surface area contributed by atoms with Crippen molar-refractivity contribution >= 4 is 22.1 Å². The van der Waals surface area contributed by atoms with E-state index in [-0.39, 0.29) is 12.2 Å². The molecule has 0 fully saturated rings. The van der Waals surface area contributed by atoms with Crippen LogP contribution in [0.4, 0.5) is 20.2 Å². The number of aliphatic hydroxyl groups is 1. The van der Waals surface area contributed by atoms with Crippen LogP contribution in [-0.4, -0.2) is 21.6 Å². The molecule has 0 amide bonds. The fraction of sp³-hybridized carbons (Fsp3) is 0.118. The lowest BCUT2D eigenvalue weighted by atomic mass is 10.1. The second-order valence-corrected chi connectivity index (χ2v) is 5.34. The summed E-state index contributed by atoms with van der Waals surface area (Å²) in [4.78, 5) is 14.5. The van der Waals surface area contributed by atoms with Crippen molar-refractivity contribution < 1.29 is 18.8 Å². The van der Waals surface area contributed by atoms with Crippen LogP contribution in [-0.2, 0) is 0 Å². The minimum absolute atomic E-state index is 0.102. The molecule has 0 aliphatic rings. The second-order valence-electron chi connectivity index (χ2n) is 5.34. The number of anilines is 1. The summed E-state index contributed by atoms with van der Waals surface area (Å²) >= 11 is 0. The van der Waals surface area contributed by atoms with E-state index < -0.39 is 28.2 Å². The third-order valence-corrected chi connectivity index (χ3v) is 3.81. The lowest BCUT2D eigenvalue weighted by molar-refractivity contribution is -0.383. The number of aromatic nitrogens is 1. The number of nitrogens with zero attached hydrogens (tertiary/aromatic N) is 2. The number of nitrogens with one attached hydrogen (secondary N) is 1. The molecular formula is C17H13F2N3O3. The predicted molar refractivity (Wildman–Crippen MR) is 88.2 cm³/mol. The zero-order chi connectivity index (χ0) is 18.0. The van der Waals surface area contributed by atoms with Gasteiger partial charge in [-0.15, -0.1) is 0 Å². The average molecular weight is 345 g/mol. The van der Waals surface area contributed by atoms with Gasteiger partial charge in [0, 0.05) is 36.1 Å². The Morgan fingerprint density at radius 2 is 1.88 bits per heavy atom. The van der Waals surface area contributed by atoms with Crippen LogP contribution in [0.1, 0.15) is 11.7 Å². The molecule has 0 saturated heterocycles. The highest BCUT2D eigenvalue weighted by Crippen LogP contribution is 2.31. The number of hydrogen-bond acceptors (Lipinski definition) is 5. The van der Waals surface area contributed by atoms with Crippen LogP contribution in [0.15, 0.2) is 48.8 Å². The highest BCUT2D eigenvalue weighted by Gasteiger charge is 2.19. The highest BCUT2D eigenvalue weighted by atomic mass is 19.1. The highest BCUT2D eigenvalue weighted by molar-refractivity contribution is 5.99. The number of pyridine rings is 1. The molecule has 8 heteroatoms. The average Bonchev–Trinajstić information content (AvgIpc) is 2.59. The van der Waals surface area contributed by atoms with Crippen LogP contribution < -0.4 is 5.32 Å². The molecule has 3 aromatic rings. The molecule has 128 valence electrons. The minimum atomic E-state index is -1.42. The van der Waals surface area contributed by atoms with Gasteiger partial charge in [-0.25, -0.2) is 8.78 Å². The Morgan fingerprint density at radius 3 is 2.56 bits per heavy atom. The number of halogens is 2. The molecule has 0 bridgehead atoms. The van der Waals surface area contributed by atoms with E-state index in [0.29, 0.717) is 16.5 Å². The SMILES string of the molecule is O=[N+]([O-])c1ccc(NCC(O)c2c(F)cccc2F)c2ccncc12. The van der Waals surface area contributed by atoms with Crippen LogP contribution in [0.5, 0.6) is 0 Å². The molecular weight excluding hydrogens is 332 g/mol. The Labute approximate surface area is 140 Å². The summed E-state index contributed by atoms with van der Waals surface area (Å²) < 4.78 is 27.4. The molecule has 1 heterocycles. The van der Waals surface area contributed by atoms with Crippen molar-refractivity contribution in [2.24, 2.45) is 0 Å². The van der Waals surface area contributed by atoms with Gasteiger partial charge in [-0.3, -0.25) is 15.1 Å². The van der Waals surface area contributed by atoms with Crippen molar-refractivity contribution in [2.45, 2.75) is 6.10 Å². The molecule has 1 unspecified atom stereocenters. The molecule has 1 aromatic heterocycles. The van der Waals surface area contributed by atoms with Crippen molar-refractivity contribution in [2.75, 3.05) is 11.9 Å². The summed E-state index contributed by atoms with van der Waals surface area (Å²) in [5, 5.41) is 24.9. The quantitative estimate of drug-likeness (QED) is 0.545. The fourth-order valence-electron chi connectivity index (χ4n) is 2.63. The number of nitro groups is 1. The summed E-state index contributed by atoms with van der Waals surface area (Å²) in [5.41, 5.74) is -0.0453. The normalized spacial score (nSPS) is 12.1. The first-order valence-electron chi connectivity index (χ1n) is 7.36. The van der Waals surface area contributed by atoms with Gasteiger partial charge in [-0.05, 0) is 24.3 Å². The van der Waals surface area contributed by atoms with Gasteiger partial charge in [0.1, 0.15) is 17.7 Å². The maximum atomic E-state index is 13.7. The molecule has 0 aliphatic carbocycles. The molecule has 0 aliphatic heterocycles. The maximum Gasteiger partial charge on any atom is 0.278 e. The van der Waals surface area contributed by atoms with Gasteiger partial charge in [0.15, 0.2) is 0 Å². The maximum absolute atomic E-state index is 13.7. The molecule has 6 nitrogen and oxygen atoms in total. The van der Waals surface area contributed by atoms with E-state index in [1.54, 1.807) is 6.07 Å². The van der Waals surface area contributed by atoms with Gasteiger partial charge in [0.2, 0.25) is 0 Å². The summed E-state index contributed by atoms with van der Waals surface area (Å²) in [6, 6.07) is 7.71. The van der Waals surface area contributed by atoms with Crippen LogP contribution in [0.3, 0.4) is 0 Å². The van der Waals surface area contributed by atoms with E-state index in [4.69, 9.17) is 0 Å². The van der Waals surface area contributed by atoms with E-state index >= 15 is 0 Å². The predicted octanol–water partition coefficient (Wildman–Crippen LogP) is 3.57. The lowest BCUT2D eigenvalue weighted by Gasteiger charge is -2.16. The molecule has 0 radical (unpaired) electrons. The first-order chi connectivity index (χ1) is 12.0. The lowest BCUT2D eigenvalue weighted by Crippen LogP contribution is -2.15. The standard InChI is InChI=1S/C17H13F2N3O3/c18-12-2-1-3-13(19)17(12)16(23)9-21-14-4-5-15(22(24)25)11-8-20-7-6-10(11)14/h1-8,16,21,23H,9H2. The molecule has 0 saturated carbocycles. The summed E-state index contributed by atoms with van der Waals surface area (Å²) in [5.74, 6) is -1.68. The van der Waals surface area contributed by atoms with Crippen LogP contribution >= 0.6 is 0 Å². The first kappa shape index (κ1) is 16.7. The van der Waals surface area contributed by atoms with Gasteiger partial charge >= 0.3 is 0 Å². The largest absolute Gasteiger partial charge is 0.386 e. The Kier molecular flexibility index (Phi) is 4.53. The van der Waals surface area contributed by atoms with Gasteiger partial charge in [-0.2, -0.15) is 0 Å². The molecule has 2 aromatic carbocycles. The Bertz CT molecular complexity index is 929. The number of rotatable bonds is 5. The Balaban J connectivity index is 1.89. The zero-order valence-corrected chi connectivity index (χ0v) is 12.8. The smallest absolute Gasteiger partial charge is 0.278 e. The van der Waals surface area contributed by atoms with Gasteiger partial charge in [0.05, 0.1) is 15.9 Å². The molecule has 2 N–H and O–H groups in total. The summed E-state index contributed by atoms with van der Waals surface area (Å²) in [6.45, 7) is -0.174. The number of fused-ring (bicyclic) bond motifs is 1. The topological polar surface area (TPSA) is 88.3 Å². The van der Waals surface area contributed by atoms with Crippen molar-refractivity contribution in [3.05, 3.63) is 76.1 Å². The van der Waals surface area contributed by atoms with Crippen LogP contribution in [0.2, 0.25) is 0 Å². The monoisotopic (exact) mass is 345 g/mol. The molecule has 0 spiro atoms. The van der Waals surface area contributed by atoms with Gasteiger partial charge in [0.25, 0.3) is 5.69 Å². The first-order valence-corrected chi connectivity index (χ1v) is 7.36. The van der Waals surface area contributed by atoms with Crippen LogP contribution in [0, 0.1) is 21.7 Å². The second kappa shape index (κ2) is 6.78. The number of benzene rings is 2. The van der Waals surface area contributed by atoms with Crippen molar-refractivity contribution in [1.82, 2.24) is 4.98 Å². The van der Waals surface area contributed by atoms with E-state index in [0.717, 1.165) is 12.1 Å². The van der Waals surface area contributed by atoms with Gasteiger partial charge < -0.3 is 10.4 Å². The van der Waals surface area contributed by atoms with Crippen molar-refractivity contribution in [1.29, 1.82) is 0 Å². The molecule has 25 heavy (non-hydrogen) atoms. The third-order valence-electron chi connectivity index (χ3n) is 3.81. The van der Waals surface area contributed by atoms with Gasteiger partial charge in [-0.1, -0.05) is 6.07 Å². The number of aliphatic hydroxyl groups excluding tert-OH is 1. The van der Waals surface area contributed by atoms with E-state index in [1.165, 1.54) is 30.6 Å². The van der Waals surface area contributed by atoms with Crippen molar-refractivity contribution in [3.63, 3.8) is 0 Å². The zero-order valence-electron chi connectivity index (χ0n) is 12.8. The minimum Gasteiger partial charge on any atom is -0.386 e. The van der Waals surface area contributed by atoms with E-state index in [1.807, 2.05) is 0 Å². The van der Waals surface area contributed by atoms with E-state index in [9.17, 15) is 24.0 Å². The van der Waals surface area contributed by atoms with Crippen LogP contribution in [0.25, 0.3) is 10.8 Å². The van der Waals surface area contributed by atoms with Crippen molar-refractivity contribution in [3.8, 4) is 0 Å². The number of non-ortho nitro benzene ring substituents is 1.